The van der Waals surface area contributed by atoms with Crippen molar-refractivity contribution < 1.29 is 14.3 Å². The summed E-state index contributed by atoms with van der Waals surface area (Å²) in [4.78, 5) is 12.0. The molecule has 1 saturated heterocycles. The van der Waals surface area contributed by atoms with Gasteiger partial charge in [-0.2, -0.15) is 0 Å². The molecule has 0 aromatic carbocycles. The number of fused-ring (bicyclic) bond motifs is 1. The number of hydrogen-bond donors (Lipinski definition) is 0. The van der Waals surface area contributed by atoms with Crippen LogP contribution in [-0.4, -0.2) is 19.4 Å². The molecule has 3 heteroatoms. The van der Waals surface area contributed by atoms with E-state index in [0.29, 0.717) is 23.2 Å². The van der Waals surface area contributed by atoms with Gasteiger partial charge in [-0.15, -0.1) is 0 Å². The van der Waals surface area contributed by atoms with Crippen LogP contribution in [-0.2, 0) is 14.3 Å². The number of carbonyl (C=O) groups is 1. The normalized spacial score (nSPS) is 40.5. The summed E-state index contributed by atoms with van der Waals surface area (Å²) in [6.07, 6.45) is 9.47. The summed E-state index contributed by atoms with van der Waals surface area (Å²) in [7, 11) is 1.58. The Morgan fingerprint density at radius 3 is 2.75 bits per heavy atom. The first-order valence-electron chi connectivity index (χ1n) is 9.38. The van der Waals surface area contributed by atoms with E-state index in [4.69, 9.17) is 9.47 Å². The van der Waals surface area contributed by atoms with Crippen LogP contribution in [0, 0.1) is 22.7 Å². The maximum atomic E-state index is 12.0. The van der Waals surface area contributed by atoms with Gasteiger partial charge in [0.1, 0.15) is 0 Å². The van der Waals surface area contributed by atoms with Crippen molar-refractivity contribution >= 4 is 5.97 Å². The van der Waals surface area contributed by atoms with Gasteiger partial charge in [-0.05, 0) is 54.8 Å². The molecule has 3 nitrogen and oxygen atoms in total. The molecule has 0 spiro atoms. The van der Waals surface area contributed by atoms with Gasteiger partial charge < -0.3 is 9.47 Å². The largest absolute Gasteiger partial charge is 0.432 e. The minimum absolute atomic E-state index is 0.214. The third kappa shape index (κ3) is 2.96. The lowest BCUT2D eigenvalue weighted by Gasteiger charge is -2.58. The number of cyclic esters (lactones) is 1. The number of carbonyl (C=O) groups excluding carboxylic acids is 1. The number of ether oxygens (including phenoxy) is 2. The summed E-state index contributed by atoms with van der Waals surface area (Å²) < 4.78 is 10.4. The molecule has 0 N–H and O–H groups in total. The highest BCUT2D eigenvalue weighted by Gasteiger charge is 2.52. The van der Waals surface area contributed by atoms with E-state index in [9.17, 15) is 4.79 Å². The molecule has 2 saturated carbocycles. The van der Waals surface area contributed by atoms with E-state index in [0.717, 1.165) is 24.3 Å². The Balaban J connectivity index is 1.81. The minimum Gasteiger partial charge on any atom is -0.432 e. The molecule has 0 bridgehead atoms. The second kappa shape index (κ2) is 6.33. The van der Waals surface area contributed by atoms with Crippen LogP contribution < -0.4 is 0 Å². The summed E-state index contributed by atoms with van der Waals surface area (Å²) in [5.41, 5.74) is 2.86. The van der Waals surface area contributed by atoms with Crippen LogP contribution in [0.15, 0.2) is 23.8 Å². The van der Waals surface area contributed by atoms with Crippen molar-refractivity contribution in [2.45, 2.75) is 72.0 Å². The molecule has 1 heterocycles. The van der Waals surface area contributed by atoms with Crippen LogP contribution in [0.3, 0.4) is 0 Å². The second-order valence-corrected chi connectivity index (χ2v) is 8.89. The molecule has 0 aromatic heterocycles. The summed E-state index contributed by atoms with van der Waals surface area (Å²) in [6.45, 7) is 11.8. The van der Waals surface area contributed by atoms with Crippen LogP contribution in [0.1, 0.15) is 65.7 Å². The minimum atomic E-state index is -0.407. The number of rotatable bonds is 3. The van der Waals surface area contributed by atoms with Gasteiger partial charge in [0.25, 0.3) is 0 Å². The van der Waals surface area contributed by atoms with E-state index in [-0.39, 0.29) is 5.97 Å². The predicted octanol–water partition coefficient (Wildman–Crippen LogP) is 5.02. The van der Waals surface area contributed by atoms with E-state index in [1.807, 2.05) is 0 Å². The topological polar surface area (TPSA) is 35.5 Å². The smallest absolute Gasteiger partial charge is 0.336 e. The van der Waals surface area contributed by atoms with Crippen LogP contribution >= 0.6 is 0 Å². The average Bonchev–Trinajstić information content (AvgIpc) is 2.86. The molecular formula is C21H32O3. The third-order valence-electron chi connectivity index (χ3n) is 7.07. The number of methoxy groups -OCH3 is 1. The predicted molar refractivity (Wildman–Crippen MR) is 95.3 cm³/mol. The molecule has 0 radical (unpaired) electrons. The van der Waals surface area contributed by atoms with Gasteiger partial charge in [-0.1, -0.05) is 45.4 Å². The van der Waals surface area contributed by atoms with E-state index in [1.165, 1.54) is 31.3 Å². The quantitative estimate of drug-likeness (QED) is 0.413. The van der Waals surface area contributed by atoms with Gasteiger partial charge in [0.15, 0.2) is 0 Å². The standard InChI is InChI=1S/C21H32O3/c1-14-7-10-17-20(2,3)11-6-12-21(17,4)16(14)9-8-15-13-18(23-5)24-19(15)22/h8,16-18H,1,6-7,9-13H2,2-5H3/b15-8+/t16-,17-,18+,21+/m0/s1. The Labute approximate surface area is 146 Å². The average molecular weight is 332 g/mol. The molecule has 0 aromatic rings. The highest BCUT2D eigenvalue weighted by Crippen LogP contribution is 2.61. The van der Waals surface area contributed by atoms with Gasteiger partial charge in [0, 0.05) is 19.1 Å². The summed E-state index contributed by atoms with van der Waals surface area (Å²) >= 11 is 0. The van der Waals surface area contributed by atoms with Crippen molar-refractivity contribution in [3.8, 4) is 0 Å². The molecule has 1 aliphatic heterocycles. The maximum Gasteiger partial charge on any atom is 0.336 e. The number of allylic oxidation sites excluding steroid dienone is 2. The highest BCUT2D eigenvalue weighted by molar-refractivity contribution is 5.90. The highest BCUT2D eigenvalue weighted by atomic mass is 16.7. The van der Waals surface area contributed by atoms with Crippen molar-refractivity contribution in [1.82, 2.24) is 0 Å². The molecular weight excluding hydrogens is 300 g/mol. The molecule has 24 heavy (non-hydrogen) atoms. The Morgan fingerprint density at radius 2 is 2.08 bits per heavy atom. The summed E-state index contributed by atoms with van der Waals surface area (Å²) in [5.74, 6) is 1.00. The Kier molecular flexibility index (Phi) is 4.67. The fourth-order valence-electron chi connectivity index (χ4n) is 5.77. The summed E-state index contributed by atoms with van der Waals surface area (Å²) in [5, 5.41) is 0. The Bertz CT molecular complexity index is 559. The zero-order valence-corrected chi connectivity index (χ0v) is 15.7. The third-order valence-corrected chi connectivity index (χ3v) is 7.07. The molecule has 3 rings (SSSR count). The van der Waals surface area contributed by atoms with Crippen LogP contribution in [0.5, 0.6) is 0 Å². The number of esters is 1. The first-order chi connectivity index (χ1) is 11.3. The molecule has 3 aliphatic rings. The first-order valence-corrected chi connectivity index (χ1v) is 9.38. The second-order valence-electron chi connectivity index (χ2n) is 8.89. The summed E-state index contributed by atoms with van der Waals surface area (Å²) in [6, 6.07) is 0. The van der Waals surface area contributed by atoms with Gasteiger partial charge in [0.2, 0.25) is 6.29 Å². The van der Waals surface area contributed by atoms with Gasteiger partial charge in [-0.25, -0.2) is 4.79 Å². The molecule has 0 unspecified atom stereocenters. The molecule has 134 valence electrons. The lowest BCUT2D eigenvalue weighted by atomic mass is 9.47. The monoisotopic (exact) mass is 332 g/mol. The molecule has 2 aliphatic carbocycles. The zero-order valence-electron chi connectivity index (χ0n) is 15.7. The van der Waals surface area contributed by atoms with E-state index in [1.54, 1.807) is 7.11 Å². The van der Waals surface area contributed by atoms with Crippen molar-refractivity contribution in [3.63, 3.8) is 0 Å². The van der Waals surface area contributed by atoms with E-state index in [2.05, 4.69) is 33.4 Å². The van der Waals surface area contributed by atoms with Crippen LogP contribution in [0.25, 0.3) is 0 Å². The van der Waals surface area contributed by atoms with Crippen LogP contribution in [0.4, 0.5) is 0 Å². The van der Waals surface area contributed by atoms with Gasteiger partial charge in [0.05, 0.1) is 0 Å². The Hall–Kier alpha value is -1.09. The molecule has 3 fully saturated rings. The molecule has 4 atom stereocenters. The zero-order chi connectivity index (χ0) is 17.5. The van der Waals surface area contributed by atoms with Crippen molar-refractivity contribution in [3.05, 3.63) is 23.8 Å². The molecule has 0 amide bonds. The van der Waals surface area contributed by atoms with Gasteiger partial charge >= 0.3 is 5.97 Å². The van der Waals surface area contributed by atoms with Crippen molar-refractivity contribution in [1.29, 1.82) is 0 Å². The lowest BCUT2D eigenvalue weighted by molar-refractivity contribution is -0.156. The van der Waals surface area contributed by atoms with Gasteiger partial charge in [-0.3, -0.25) is 0 Å². The van der Waals surface area contributed by atoms with Crippen molar-refractivity contribution in [2.75, 3.05) is 7.11 Å². The van der Waals surface area contributed by atoms with Crippen LogP contribution in [0.2, 0.25) is 0 Å². The fraction of sp³-hybridized carbons (Fsp3) is 0.762. The maximum absolute atomic E-state index is 12.0. The first kappa shape index (κ1) is 17.7. The van der Waals surface area contributed by atoms with E-state index < -0.39 is 6.29 Å². The Morgan fingerprint density at radius 1 is 1.33 bits per heavy atom. The SMILES string of the molecule is C=C1CC[C@H]2C(C)(C)CCC[C@]2(C)[C@H]1C/C=C1\C[C@H](OC)OC1=O. The fourth-order valence-corrected chi connectivity index (χ4v) is 5.77. The lowest BCUT2D eigenvalue weighted by Crippen LogP contribution is -2.49. The van der Waals surface area contributed by atoms with E-state index >= 15 is 0 Å². The van der Waals surface area contributed by atoms with Crippen molar-refractivity contribution in [2.24, 2.45) is 22.7 Å². The number of hydrogen-bond acceptors (Lipinski definition) is 3.